The van der Waals surface area contributed by atoms with Crippen LogP contribution in [0.4, 0.5) is 10.5 Å². The number of hydrogen-bond donors (Lipinski definition) is 1. The van der Waals surface area contributed by atoms with Gasteiger partial charge in [-0.3, -0.25) is 0 Å². The van der Waals surface area contributed by atoms with Crippen LogP contribution in [-0.4, -0.2) is 35.8 Å². The van der Waals surface area contributed by atoms with Gasteiger partial charge in [-0.15, -0.1) is 0 Å². The van der Waals surface area contributed by atoms with Gasteiger partial charge in [0.15, 0.2) is 0 Å². The van der Waals surface area contributed by atoms with Crippen molar-refractivity contribution in [3.63, 3.8) is 0 Å². The molecule has 0 aromatic heterocycles. The second-order valence-electron chi connectivity index (χ2n) is 7.71. The minimum Gasteiger partial charge on any atom is -0.489 e. The molecule has 134 valence electrons. The lowest BCUT2D eigenvalue weighted by molar-refractivity contribution is 0.0205. The lowest BCUT2D eigenvalue weighted by atomic mass is 9.89. The predicted molar refractivity (Wildman–Crippen MR) is 96.4 cm³/mol. The zero-order chi connectivity index (χ0) is 17.9. The Bertz CT molecular complexity index is 570. The van der Waals surface area contributed by atoms with Crippen molar-refractivity contribution < 1.29 is 14.3 Å². The monoisotopic (exact) mass is 334 g/mol. The van der Waals surface area contributed by atoms with Crippen molar-refractivity contribution in [1.82, 2.24) is 4.90 Å². The van der Waals surface area contributed by atoms with Gasteiger partial charge in [-0.2, -0.15) is 0 Å². The highest BCUT2D eigenvalue weighted by molar-refractivity contribution is 5.68. The Morgan fingerprint density at radius 3 is 2.38 bits per heavy atom. The maximum absolute atomic E-state index is 12.1. The highest BCUT2D eigenvalue weighted by Gasteiger charge is 2.27. The van der Waals surface area contributed by atoms with Gasteiger partial charge in [0.05, 0.1) is 11.8 Å². The Kier molecular flexibility index (Phi) is 5.62. The molecule has 0 saturated carbocycles. The van der Waals surface area contributed by atoms with Crippen LogP contribution in [0.1, 0.15) is 58.9 Å². The summed E-state index contributed by atoms with van der Waals surface area (Å²) in [6, 6.07) is 6.04. The summed E-state index contributed by atoms with van der Waals surface area (Å²) in [5.41, 5.74) is 7.55. The molecule has 24 heavy (non-hydrogen) atoms. The van der Waals surface area contributed by atoms with Gasteiger partial charge in [-0.1, -0.05) is 6.07 Å². The number of nitrogen functional groups attached to an aromatic ring is 1. The van der Waals surface area contributed by atoms with Crippen molar-refractivity contribution in [3.8, 4) is 5.75 Å². The molecule has 2 N–H and O–H groups in total. The lowest BCUT2D eigenvalue weighted by Gasteiger charge is -2.33. The number of rotatable bonds is 3. The first-order chi connectivity index (χ1) is 11.2. The second kappa shape index (κ2) is 7.32. The SMILES string of the molecule is CC(C)Oc1ccc(C2CCN(C(=O)OC(C)(C)C)CC2)cc1N. The van der Waals surface area contributed by atoms with E-state index in [2.05, 4.69) is 6.07 Å². The van der Waals surface area contributed by atoms with Crippen molar-refractivity contribution in [2.24, 2.45) is 0 Å². The number of nitrogens with two attached hydrogens (primary N) is 1. The maximum atomic E-state index is 12.1. The quantitative estimate of drug-likeness (QED) is 0.843. The number of piperidine rings is 1. The molecule has 1 aliphatic heterocycles. The van der Waals surface area contributed by atoms with E-state index in [0.717, 1.165) is 18.6 Å². The summed E-state index contributed by atoms with van der Waals surface area (Å²) in [4.78, 5) is 13.9. The molecule has 0 atom stereocenters. The van der Waals surface area contributed by atoms with Crippen LogP contribution in [0.15, 0.2) is 18.2 Å². The van der Waals surface area contributed by atoms with Gasteiger partial charge in [0.2, 0.25) is 0 Å². The van der Waals surface area contributed by atoms with Crippen molar-refractivity contribution in [3.05, 3.63) is 23.8 Å². The molecule has 1 amide bonds. The van der Waals surface area contributed by atoms with E-state index in [1.165, 1.54) is 5.56 Å². The van der Waals surface area contributed by atoms with E-state index in [-0.39, 0.29) is 12.2 Å². The van der Waals surface area contributed by atoms with Crippen molar-refractivity contribution in [2.45, 2.75) is 65.1 Å². The molecule has 0 radical (unpaired) electrons. The van der Waals surface area contributed by atoms with Gasteiger partial charge >= 0.3 is 6.09 Å². The van der Waals surface area contributed by atoms with Crippen molar-refractivity contribution in [1.29, 1.82) is 0 Å². The lowest BCUT2D eigenvalue weighted by Crippen LogP contribution is -2.41. The van der Waals surface area contributed by atoms with Crippen LogP contribution >= 0.6 is 0 Å². The standard InChI is InChI=1S/C19H30N2O3/c1-13(2)23-17-7-6-15(12-16(17)20)14-8-10-21(11-9-14)18(22)24-19(3,4)5/h6-7,12-14H,8-11,20H2,1-5H3. The highest BCUT2D eigenvalue weighted by atomic mass is 16.6. The summed E-state index contributed by atoms with van der Waals surface area (Å²) < 4.78 is 11.1. The van der Waals surface area contributed by atoms with Crippen molar-refractivity contribution >= 4 is 11.8 Å². The molecule has 1 heterocycles. The van der Waals surface area contributed by atoms with Crippen LogP contribution in [0, 0.1) is 0 Å². The maximum Gasteiger partial charge on any atom is 0.410 e. The fourth-order valence-electron chi connectivity index (χ4n) is 2.90. The van der Waals surface area contributed by atoms with E-state index in [9.17, 15) is 4.79 Å². The Morgan fingerprint density at radius 2 is 1.88 bits per heavy atom. The molecule has 0 aliphatic carbocycles. The fourth-order valence-corrected chi connectivity index (χ4v) is 2.90. The smallest absolute Gasteiger partial charge is 0.410 e. The number of amides is 1. The summed E-state index contributed by atoms with van der Waals surface area (Å²) in [6.45, 7) is 11.1. The third-order valence-corrected chi connectivity index (χ3v) is 4.01. The van der Waals surface area contributed by atoms with Gasteiger partial charge < -0.3 is 20.1 Å². The zero-order valence-electron chi connectivity index (χ0n) is 15.5. The second-order valence-corrected chi connectivity index (χ2v) is 7.71. The number of anilines is 1. The number of carbonyl (C=O) groups is 1. The first kappa shape index (κ1) is 18.4. The number of hydrogen-bond acceptors (Lipinski definition) is 4. The van der Waals surface area contributed by atoms with E-state index in [4.69, 9.17) is 15.2 Å². The largest absolute Gasteiger partial charge is 0.489 e. The fraction of sp³-hybridized carbons (Fsp3) is 0.632. The summed E-state index contributed by atoms with van der Waals surface area (Å²) in [6.07, 6.45) is 1.72. The number of ether oxygens (including phenoxy) is 2. The summed E-state index contributed by atoms with van der Waals surface area (Å²) in [5, 5.41) is 0. The van der Waals surface area contributed by atoms with E-state index >= 15 is 0 Å². The molecule has 1 saturated heterocycles. The molecular weight excluding hydrogens is 304 g/mol. The molecule has 5 nitrogen and oxygen atoms in total. The summed E-state index contributed by atoms with van der Waals surface area (Å²) in [7, 11) is 0. The average molecular weight is 334 g/mol. The number of carbonyl (C=O) groups excluding carboxylic acids is 1. The van der Waals surface area contributed by atoms with Gasteiger partial charge in [0.25, 0.3) is 0 Å². The molecule has 1 aromatic rings. The van der Waals surface area contributed by atoms with Gasteiger partial charge in [0.1, 0.15) is 11.4 Å². The molecule has 5 heteroatoms. The van der Waals surface area contributed by atoms with Crippen LogP contribution in [0.2, 0.25) is 0 Å². The van der Waals surface area contributed by atoms with Crippen LogP contribution in [-0.2, 0) is 4.74 Å². The van der Waals surface area contributed by atoms with Crippen LogP contribution in [0.5, 0.6) is 5.75 Å². The normalized spacial score (nSPS) is 16.3. The van der Waals surface area contributed by atoms with E-state index in [0.29, 0.717) is 24.7 Å². The number of nitrogens with zero attached hydrogens (tertiary/aromatic N) is 1. The first-order valence-corrected chi connectivity index (χ1v) is 8.69. The zero-order valence-corrected chi connectivity index (χ0v) is 15.5. The molecule has 0 unspecified atom stereocenters. The molecule has 1 aromatic carbocycles. The van der Waals surface area contributed by atoms with Gasteiger partial charge in [-0.05, 0) is 71.1 Å². The summed E-state index contributed by atoms with van der Waals surface area (Å²) >= 11 is 0. The molecule has 0 spiro atoms. The molecular formula is C19H30N2O3. The van der Waals surface area contributed by atoms with E-state index < -0.39 is 5.60 Å². The summed E-state index contributed by atoms with van der Waals surface area (Å²) in [5.74, 6) is 1.15. The minimum atomic E-state index is -0.450. The predicted octanol–water partition coefficient (Wildman–Crippen LogP) is 4.17. The Hall–Kier alpha value is -1.91. The Morgan fingerprint density at radius 1 is 1.25 bits per heavy atom. The third kappa shape index (κ3) is 5.05. The minimum absolute atomic E-state index is 0.107. The molecule has 2 rings (SSSR count). The first-order valence-electron chi connectivity index (χ1n) is 8.69. The highest BCUT2D eigenvalue weighted by Crippen LogP contribution is 2.33. The number of likely N-dealkylation sites (tertiary alicyclic amines) is 1. The van der Waals surface area contributed by atoms with E-state index in [1.807, 2.05) is 46.8 Å². The Balaban J connectivity index is 1.95. The number of benzene rings is 1. The average Bonchev–Trinajstić information content (AvgIpc) is 2.47. The van der Waals surface area contributed by atoms with E-state index in [1.54, 1.807) is 4.90 Å². The van der Waals surface area contributed by atoms with Crippen LogP contribution in [0.3, 0.4) is 0 Å². The van der Waals surface area contributed by atoms with Crippen molar-refractivity contribution in [2.75, 3.05) is 18.8 Å². The van der Waals surface area contributed by atoms with Gasteiger partial charge in [0, 0.05) is 13.1 Å². The van der Waals surface area contributed by atoms with Crippen LogP contribution < -0.4 is 10.5 Å². The molecule has 0 bridgehead atoms. The molecule has 1 fully saturated rings. The topological polar surface area (TPSA) is 64.8 Å². The molecule has 1 aliphatic rings. The Labute approximate surface area is 145 Å². The van der Waals surface area contributed by atoms with Crippen LogP contribution in [0.25, 0.3) is 0 Å². The van der Waals surface area contributed by atoms with Gasteiger partial charge in [-0.25, -0.2) is 4.79 Å². The third-order valence-electron chi connectivity index (χ3n) is 4.01.